The standard InChI is InChI=1S/C18H23N3O2S.2C2HF3O2/c1-14-3-2-4-15(20-14)11-22-16-5-7-23-18(9-16)12-21(13-18)10-17-19-6-8-24-17;2*3-2(4,5)1(6)7/h2-4,6,8,16H,5,7,9-13H2,1H3;2*(H,6,7). The van der Waals surface area contributed by atoms with Gasteiger partial charge in [-0.15, -0.1) is 11.3 Å². The molecule has 2 saturated heterocycles. The van der Waals surface area contributed by atoms with Crippen molar-refractivity contribution in [1.29, 1.82) is 0 Å². The summed E-state index contributed by atoms with van der Waals surface area (Å²) in [6, 6.07) is 6.08. The van der Waals surface area contributed by atoms with Crippen molar-refractivity contribution in [2.24, 2.45) is 0 Å². The average Bonchev–Trinajstić information content (AvgIpc) is 3.30. The summed E-state index contributed by atoms with van der Waals surface area (Å²) in [6.07, 6.45) is -6.08. The molecule has 2 fully saturated rings. The van der Waals surface area contributed by atoms with Gasteiger partial charge in [-0.3, -0.25) is 9.88 Å². The van der Waals surface area contributed by atoms with E-state index in [0.29, 0.717) is 6.61 Å². The first-order valence-corrected chi connectivity index (χ1v) is 11.9. The number of carboxylic acid groups (broad SMARTS) is 2. The van der Waals surface area contributed by atoms with Gasteiger partial charge in [-0.05, 0) is 25.5 Å². The summed E-state index contributed by atoms with van der Waals surface area (Å²) in [7, 11) is 0. The van der Waals surface area contributed by atoms with Crippen molar-refractivity contribution in [2.75, 3.05) is 19.7 Å². The number of ether oxygens (including phenoxy) is 2. The van der Waals surface area contributed by atoms with Crippen LogP contribution in [0.5, 0.6) is 0 Å². The van der Waals surface area contributed by atoms with Gasteiger partial charge in [0.1, 0.15) is 5.01 Å². The molecule has 2 N–H and O–H groups in total. The molecular weight excluding hydrogens is 548 g/mol. The molecule has 0 bridgehead atoms. The second-order valence-electron chi connectivity index (χ2n) is 8.40. The number of aromatic nitrogens is 2. The van der Waals surface area contributed by atoms with Crippen LogP contribution in [0, 0.1) is 6.92 Å². The zero-order chi connectivity index (χ0) is 28.6. The monoisotopic (exact) mass is 573 g/mol. The van der Waals surface area contributed by atoms with Crippen molar-refractivity contribution >= 4 is 23.3 Å². The number of likely N-dealkylation sites (tertiary alicyclic amines) is 1. The third-order valence-electron chi connectivity index (χ3n) is 5.21. The number of alkyl halides is 6. The summed E-state index contributed by atoms with van der Waals surface area (Å²) in [6.45, 7) is 6.28. The Hall–Kier alpha value is -2.82. The summed E-state index contributed by atoms with van der Waals surface area (Å²) in [5.74, 6) is -5.51. The van der Waals surface area contributed by atoms with Crippen molar-refractivity contribution in [3.63, 3.8) is 0 Å². The van der Waals surface area contributed by atoms with Gasteiger partial charge < -0.3 is 19.7 Å². The van der Waals surface area contributed by atoms with Gasteiger partial charge in [0.15, 0.2) is 0 Å². The van der Waals surface area contributed by atoms with Crippen molar-refractivity contribution in [3.05, 3.63) is 46.2 Å². The van der Waals surface area contributed by atoms with E-state index in [1.54, 1.807) is 11.3 Å². The third kappa shape index (κ3) is 10.5. The SMILES string of the molecule is Cc1cccc(COC2CCOC3(C2)CN(Cc2nccs2)C3)n1.O=C(O)C(F)(F)F.O=C(O)C(F)(F)F. The van der Waals surface area contributed by atoms with Gasteiger partial charge in [0.2, 0.25) is 0 Å². The van der Waals surface area contributed by atoms with Crippen LogP contribution in [-0.2, 0) is 32.2 Å². The van der Waals surface area contributed by atoms with Crippen LogP contribution in [0.25, 0.3) is 0 Å². The average molecular weight is 574 g/mol. The summed E-state index contributed by atoms with van der Waals surface area (Å²) in [4.78, 5) is 29.1. The first-order valence-electron chi connectivity index (χ1n) is 11.0. The Kier molecular flexibility index (Phi) is 11.0. The fraction of sp³-hybridized carbons (Fsp3) is 0.545. The molecule has 1 unspecified atom stereocenters. The van der Waals surface area contributed by atoms with E-state index in [-0.39, 0.29) is 11.7 Å². The van der Waals surface area contributed by atoms with Crippen LogP contribution in [-0.4, -0.2) is 80.8 Å². The molecule has 1 atom stereocenters. The number of rotatable bonds is 5. The normalized spacial score (nSPS) is 18.9. The van der Waals surface area contributed by atoms with E-state index in [9.17, 15) is 26.3 Å². The smallest absolute Gasteiger partial charge is 0.475 e. The van der Waals surface area contributed by atoms with Gasteiger partial charge in [-0.1, -0.05) is 6.07 Å². The minimum atomic E-state index is -5.08. The zero-order valence-electron chi connectivity index (χ0n) is 20.0. The van der Waals surface area contributed by atoms with Crippen LogP contribution in [0.1, 0.15) is 29.2 Å². The van der Waals surface area contributed by atoms with Crippen LogP contribution in [0.3, 0.4) is 0 Å². The maximum Gasteiger partial charge on any atom is 0.490 e. The van der Waals surface area contributed by atoms with Gasteiger partial charge in [0, 0.05) is 43.4 Å². The summed E-state index contributed by atoms with van der Waals surface area (Å²) in [5.41, 5.74) is 2.03. The van der Waals surface area contributed by atoms with Crippen molar-refractivity contribution in [2.45, 2.75) is 57.0 Å². The number of hydrogen-bond acceptors (Lipinski definition) is 8. The highest BCUT2D eigenvalue weighted by Crippen LogP contribution is 2.36. The number of pyridine rings is 1. The fourth-order valence-corrected chi connectivity index (χ4v) is 4.29. The van der Waals surface area contributed by atoms with E-state index >= 15 is 0 Å². The highest BCUT2D eigenvalue weighted by atomic mass is 32.1. The molecule has 1 spiro atoms. The highest BCUT2D eigenvalue weighted by Gasteiger charge is 2.47. The predicted octanol–water partition coefficient (Wildman–Crippen LogP) is 4.06. The molecule has 0 radical (unpaired) electrons. The number of nitrogens with zero attached hydrogens (tertiary/aromatic N) is 3. The number of hydrogen-bond donors (Lipinski definition) is 2. The fourth-order valence-electron chi connectivity index (χ4n) is 3.63. The maximum absolute atomic E-state index is 10.6. The molecule has 0 aliphatic carbocycles. The Labute approximate surface area is 217 Å². The number of aliphatic carboxylic acids is 2. The van der Waals surface area contributed by atoms with Crippen LogP contribution in [0.15, 0.2) is 29.8 Å². The summed E-state index contributed by atoms with van der Waals surface area (Å²) in [5, 5.41) is 17.5. The largest absolute Gasteiger partial charge is 0.490 e. The second kappa shape index (κ2) is 13.3. The molecule has 212 valence electrons. The maximum atomic E-state index is 10.6. The lowest BCUT2D eigenvalue weighted by Gasteiger charge is -2.53. The van der Waals surface area contributed by atoms with Crippen LogP contribution < -0.4 is 0 Å². The molecule has 0 saturated carbocycles. The van der Waals surface area contributed by atoms with Crippen LogP contribution in [0.2, 0.25) is 0 Å². The van der Waals surface area contributed by atoms with Gasteiger partial charge in [0.05, 0.1) is 30.6 Å². The minimum absolute atomic E-state index is 0.0137. The van der Waals surface area contributed by atoms with Gasteiger partial charge >= 0.3 is 24.3 Å². The Morgan fingerprint density at radius 1 is 1.16 bits per heavy atom. The van der Waals surface area contributed by atoms with E-state index in [2.05, 4.69) is 14.9 Å². The predicted molar refractivity (Wildman–Crippen MR) is 120 cm³/mol. The Balaban J connectivity index is 0.000000301. The number of aryl methyl sites for hydroxylation is 1. The van der Waals surface area contributed by atoms with E-state index in [1.807, 2.05) is 36.7 Å². The lowest BCUT2D eigenvalue weighted by Crippen LogP contribution is -2.65. The highest BCUT2D eigenvalue weighted by molar-refractivity contribution is 7.09. The molecule has 4 heterocycles. The van der Waals surface area contributed by atoms with E-state index in [4.69, 9.17) is 29.3 Å². The quantitative estimate of drug-likeness (QED) is 0.510. The summed E-state index contributed by atoms with van der Waals surface area (Å²) >= 11 is 1.72. The second-order valence-corrected chi connectivity index (χ2v) is 9.38. The van der Waals surface area contributed by atoms with Crippen molar-refractivity contribution in [3.8, 4) is 0 Å². The molecule has 4 rings (SSSR count). The molecule has 2 aliphatic rings. The minimum Gasteiger partial charge on any atom is -0.475 e. The van der Waals surface area contributed by atoms with Crippen molar-refractivity contribution in [1.82, 2.24) is 14.9 Å². The van der Waals surface area contributed by atoms with Gasteiger partial charge in [0.25, 0.3) is 0 Å². The molecule has 2 aromatic heterocycles. The summed E-state index contributed by atoms with van der Waals surface area (Å²) < 4.78 is 75.7. The Morgan fingerprint density at radius 3 is 2.26 bits per heavy atom. The van der Waals surface area contributed by atoms with E-state index in [0.717, 1.165) is 50.5 Å². The molecule has 9 nitrogen and oxygen atoms in total. The van der Waals surface area contributed by atoms with Gasteiger partial charge in [-0.25, -0.2) is 14.6 Å². The molecule has 38 heavy (non-hydrogen) atoms. The molecule has 16 heteroatoms. The number of carbonyl (C=O) groups is 2. The van der Waals surface area contributed by atoms with Crippen LogP contribution in [0.4, 0.5) is 26.3 Å². The first-order chi connectivity index (χ1) is 17.6. The zero-order valence-corrected chi connectivity index (χ0v) is 20.8. The molecule has 2 aliphatic heterocycles. The van der Waals surface area contributed by atoms with Crippen LogP contribution >= 0.6 is 11.3 Å². The first kappa shape index (κ1) is 31.4. The van der Waals surface area contributed by atoms with E-state index in [1.165, 1.54) is 5.01 Å². The number of thiazole rings is 1. The number of carboxylic acids is 2. The third-order valence-corrected chi connectivity index (χ3v) is 5.98. The lowest BCUT2D eigenvalue weighted by molar-refractivity contribution is -0.200. The van der Waals surface area contributed by atoms with Gasteiger partial charge in [-0.2, -0.15) is 26.3 Å². The number of halogens is 6. The molecular formula is C22H25F6N3O6S. The topological polar surface area (TPSA) is 122 Å². The lowest BCUT2D eigenvalue weighted by atomic mass is 9.84. The van der Waals surface area contributed by atoms with E-state index < -0.39 is 24.3 Å². The van der Waals surface area contributed by atoms with Crippen molar-refractivity contribution < 1.29 is 55.6 Å². The molecule has 2 aromatic rings. The Bertz CT molecular complexity index is 1020. The molecule has 0 aromatic carbocycles. The Morgan fingerprint density at radius 2 is 1.76 bits per heavy atom. The molecule has 0 amide bonds.